The molecule has 0 aromatic heterocycles. The maximum atomic E-state index is 14.2. The number of hydrogen-bond acceptors (Lipinski definition) is 13. The van der Waals surface area contributed by atoms with Crippen LogP contribution in [0.4, 0.5) is 0 Å². The Morgan fingerprint density at radius 1 is 0.843 bits per heavy atom. The number of aliphatic hydroxyl groups excluding tert-OH is 3. The van der Waals surface area contributed by atoms with Gasteiger partial charge in [0.25, 0.3) is 0 Å². The highest BCUT2D eigenvalue weighted by Gasteiger charge is 2.52. The van der Waals surface area contributed by atoms with Crippen molar-refractivity contribution in [1.82, 2.24) is 4.90 Å². The van der Waals surface area contributed by atoms with Crippen molar-refractivity contribution in [2.75, 3.05) is 21.2 Å². The van der Waals surface area contributed by atoms with Crippen LogP contribution in [0.3, 0.4) is 0 Å². The molecule has 18 atom stereocenters. The van der Waals surface area contributed by atoms with E-state index in [0.29, 0.717) is 6.42 Å². The van der Waals surface area contributed by atoms with Crippen molar-refractivity contribution in [2.24, 2.45) is 35.5 Å². The molecule has 298 valence electrons. The summed E-state index contributed by atoms with van der Waals surface area (Å²) in [5, 5.41) is 45.9. The van der Waals surface area contributed by atoms with Gasteiger partial charge in [-0.15, -0.1) is 0 Å². The van der Waals surface area contributed by atoms with Crippen LogP contribution in [0.25, 0.3) is 0 Å². The van der Waals surface area contributed by atoms with E-state index in [1.54, 1.807) is 41.5 Å². The summed E-state index contributed by atoms with van der Waals surface area (Å²) in [4.78, 5) is 29.9. The Bertz CT molecular complexity index is 1130. The number of nitrogens with zero attached hydrogens (tertiary/aromatic N) is 1. The van der Waals surface area contributed by atoms with Crippen molar-refractivity contribution in [3.05, 3.63) is 0 Å². The van der Waals surface area contributed by atoms with E-state index in [1.165, 1.54) is 7.11 Å². The van der Waals surface area contributed by atoms with Gasteiger partial charge in [-0.2, -0.15) is 0 Å². The lowest BCUT2D eigenvalue weighted by atomic mass is 9.74. The predicted molar refractivity (Wildman–Crippen MR) is 189 cm³/mol. The Hall–Kier alpha value is -1.26. The summed E-state index contributed by atoms with van der Waals surface area (Å²) in [6.07, 6.45) is -6.83. The average Bonchev–Trinajstić information content (AvgIpc) is 3.90. The molecule has 51 heavy (non-hydrogen) atoms. The van der Waals surface area contributed by atoms with Gasteiger partial charge in [-0.3, -0.25) is 9.59 Å². The molecule has 0 amide bonds. The van der Waals surface area contributed by atoms with Gasteiger partial charge in [-0.05, 0) is 73.4 Å². The second-order valence-electron chi connectivity index (χ2n) is 16.4. The Kier molecular flexibility index (Phi) is 15.5. The fourth-order valence-corrected chi connectivity index (χ4v) is 8.55. The van der Waals surface area contributed by atoms with Crippen molar-refractivity contribution in [3.63, 3.8) is 0 Å². The smallest absolute Gasteiger partial charge is 0.311 e. The first-order chi connectivity index (χ1) is 23.3. The molecule has 4 rings (SSSR count). The molecule has 0 bridgehead atoms. The summed E-state index contributed by atoms with van der Waals surface area (Å²) in [5.41, 5.74) is -1.71. The van der Waals surface area contributed by atoms with Crippen molar-refractivity contribution < 1.29 is 58.4 Å². The fraction of sp³-hybridized carbons (Fsp3) is 0.947. The number of Topliss-reactive ketones (excluding diaryl/α,β-unsaturated/α-hetero) is 1. The third kappa shape index (κ3) is 10.1. The first-order valence-corrected chi connectivity index (χ1v) is 18.6. The van der Waals surface area contributed by atoms with Gasteiger partial charge < -0.3 is 53.7 Å². The first kappa shape index (κ1) is 44.1. The Morgan fingerprint density at radius 2 is 1.47 bits per heavy atom. The summed E-state index contributed by atoms with van der Waals surface area (Å²) in [6, 6.07) is -0.290. The lowest BCUT2D eigenvalue weighted by Gasteiger charge is -2.48. The van der Waals surface area contributed by atoms with E-state index >= 15 is 0 Å². The number of carbonyl (C=O) groups excluding carboxylic acids is 2. The second kappa shape index (κ2) is 17.9. The maximum absolute atomic E-state index is 14.2. The quantitative estimate of drug-likeness (QED) is 0.282. The minimum atomic E-state index is -1.71. The molecule has 3 saturated heterocycles. The largest absolute Gasteiger partial charge is 0.461 e. The Labute approximate surface area is 305 Å². The minimum absolute atomic E-state index is 0. The normalized spacial score (nSPS) is 48.0. The van der Waals surface area contributed by atoms with Crippen LogP contribution in [0.1, 0.15) is 94.9 Å². The molecule has 0 aromatic rings. The number of hydrogen-bond donors (Lipinski definition) is 4. The number of ether oxygens (including phenoxy) is 6. The van der Waals surface area contributed by atoms with Crippen molar-refractivity contribution in [1.29, 1.82) is 0 Å². The maximum Gasteiger partial charge on any atom is 0.311 e. The number of cyclic esters (lactones) is 1. The van der Waals surface area contributed by atoms with E-state index in [4.69, 9.17) is 28.4 Å². The molecule has 4 fully saturated rings. The van der Waals surface area contributed by atoms with Crippen LogP contribution in [-0.2, 0) is 38.0 Å². The third-order valence-corrected chi connectivity index (χ3v) is 11.9. The lowest BCUT2D eigenvalue weighted by Crippen LogP contribution is -2.60. The van der Waals surface area contributed by atoms with Crippen LogP contribution in [-0.4, -0.2) is 137 Å². The molecule has 4 N–H and O–H groups in total. The fourth-order valence-electron chi connectivity index (χ4n) is 8.55. The number of likely N-dealkylation sites (N-methyl/N-ethyl adjacent to an activating group) is 1. The first-order valence-electron chi connectivity index (χ1n) is 18.6. The van der Waals surface area contributed by atoms with Gasteiger partial charge in [-0.1, -0.05) is 35.1 Å². The number of carbonyl (C=O) groups is 2. The van der Waals surface area contributed by atoms with E-state index in [2.05, 4.69) is 0 Å². The number of ketones is 1. The Balaban J connectivity index is 0.00000702. The molecule has 13 nitrogen and oxygen atoms in total. The summed E-state index contributed by atoms with van der Waals surface area (Å²) in [6.45, 7) is 13.9. The molecular weight excluding hydrogens is 662 g/mol. The summed E-state index contributed by atoms with van der Waals surface area (Å²) < 4.78 is 37.3. The van der Waals surface area contributed by atoms with E-state index in [0.717, 1.165) is 12.8 Å². The Morgan fingerprint density at radius 3 is 2.04 bits per heavy atom. The van der Waals surface area contributed by atoms with Crippen molar-refractivity contribution in [3.8, 4) is 0 Å². The van der Waals surface area contributed by atoms with Gasteiger partial charge >= 0.3 is 5.97 Å². The molecule has 1 saturated carbocycles. The molecule has 13 heteroatoms. The zero-order chi connectivity index (χ0) is 37.4. The second-order valence-corrected chi connectivity index (χ2v) is 16.4. The van der Waals surface area contributed by atoms with E-state index in [-0.39, 0.29) is 44.1 Å². The molecule has 4 aliphatic rings. The summed E-state index contributed by atoms with van der Waals surface area (Å²) >= 11 is 0. The standard InChI is InChI=1S/C37H65NO12.CH4/c1-17-16-37(8,44)34(50-36-31(42)25(38(9)10)14-18(2)46-36)21(5)32(48-27-15-26(45-11)30(41)23(7)47-27)22(6)35(43)49-33(24-12-13-24)20(4)29(40)19(3)28(17)39;/h17-27,29-34,36,40-42,44H,12-16H2,1-11H3;1H4. The van der Waals surface area contributed by atoms with Gasteiger partial charge in [0.2, 0.25) is 0 Å². The molecule has 0 aromatic carbocycles. The van der Waals surface area contributed by atoms with Crippen LogP contribution in [0.5, 0.6) is 0 Å². The number of rotatable bonds is 7. The van der Waals surface area contributed by atoms with Crippen LogP contribution in [0.2, 0.25) is 0 Å². The van der Waals surface area contributed by atoms with Crippen LogP contribution in [0.15, 0.2) is 0 Å². The number of esters is 1. The lowest BCUT2D eigenvalue weighted by molar-refractivity contribution is -0.311. The highest BCUT2D eigenvalue weighted by atomic mass is 16.7. The average molecular weight is 732 g/mol. The van der Waals surface area contributed by atoms with Gasteiger partial charge in [0.05, 0.1) is 48.1 Å². The highest BCUT2D eigenvalue weighted by Crippen LogP contribution is 2.43. The summed E-state index contributed by atoms with van der Waals surface area (Å²) in [5.74, 6) is -4.33. The molecular formula is C38H69NO12. The van der Waals surface area contributed by atoms with Crippen LogP contribution >= 0.6 is 0 Å². The molecule has 1 aliphatic carbocycles. The van der Waals surface area contributed by atoms with Crippen molar-refractivity contribution in [2.45, 2.75) is 174 Å². The van der Waals surface area contributed by atoms with Gasteiger partial charge in [0.15, 0.2) is 12.6 Å². The van der Waals surface area contributed by atoms with E-state index < -0.39 is 103 Å². The molecule has 18 unspecified atom stereocenters. The van der Waals surface area contributed by atoms with Crippen molar-refractivity contribution >= 4 is 11.8 Å². The highest BCUT2D eigenvalue weighted by molar-refractivity contribution is 5.83. The zero-order valence-electron chi connectivity index (χ0n) is 31.9. The van der Waals surface area contributed by atoms with Gasteiger partial charge in [0, 0.05) is 43.2 Å². The van der Waals surface area contributed by atoms with Crippen LogP contribution < -0.4 is 0 Å². The minimum Gasteiger partial charge on any atom is -0.461 e. The van der Waals surface area contributed by atoms with Crippen LogP contribution in [0, 0.1) is 35.5 Å². The predicted octanol–water partition coefficient (Wildman–Crippen LogP) is 2.92. The van der Waals surface area contributed by atoms with E-state index in [9.17, 15) is 30.0 Å². The molecule has 3 aliphatic heterocycles. The topological polar surface area (TPSA) is 174 Å². The SMILES string of the molecule is C.COC1CC(OC2C(C)C(=O)OC(C3CC3)C(C)C(O)C(C)C(=O)C(C)CC(C)(O)C(OC3OC(C)CC(N(C)C)C3O)C2C)OC(C)C1O. The third-order valence-electron chi connectivity index (χ3n) is 11.9. The number of aliphatic hydroxyl groups is 4. The van der Waals surface area contributed by atoms with E-state index in [1.807, 2.05) is 32.8 Å². The van der Waals surface area contributed by atoms with Gasteiger partial charge in [0.1, 0.15) is 24.1 Å². The molecule has 0 radical (unpaired) electrons. The zero-order valence-corrected chi connectivity index (χ0v) is 31.9. The molecule has 3 heterocycles. The monoisotopic (exact) mass is 731 g/mol. The molecule has 0 spiro atoms. The summed E-state index contributed by atoms with van der Waals surface area (Å²) in [7, 11) is 5.24. The van der Waals surface area contributed by atoms with Gasteiger partial charge in [-0.25, -0.2) is 0 Å². The number of methoxy groups -OCH3 is 1.